The molecule has 0 saturated carbocycles. The Kier molecular flexibility index (Phi) is 4.08. The minimum atomic E-state index is -0.572. The molecule has 7 heteroatoms. The molecule has 1 aromatic rings. The predicted octanol–water partition coefficient (Wildman–Crippen LogP) is -0.436. The van der Waals surface area contributed by atoms with Crippen molar-refractivity contribution in [1.82, 2.24) is 14.5 Å². The van der Waals surface area contributed by atoms with Crippen LogP contribution in [0.15, 0.2) is 21.9 Å². The normalized spacial score (nSPS) is 22.8. The second-order valence-electron chi connectivity index (χ2n) is 5.19. The molecule has 1 fully saturated rings. The van der Waals surface area contributed by atoms with Crippen LogP contribution in [0.4, 0.5) is 0 Å². The lowest BCUT2D eigenvalue weighted by atomic mass is 9.96. The van der Waals surface area contributed by atoms with Crippen molar-refractivity contribution in [2.24, 2.45) is 0 Å². The zero-order chi connectivity index (χ0) is 14.8. The Bertz CT molecular complexity index is 606. The van der Waals surface area contributed by atoms with Gasteiger partial charge in [-0.05, 0) is 13.3 Å². The van der Waals surface area contributed by atoms with Gasteiger partial charge in [0, 0.05) is 18.8 Å². The fourth-order valence-corrected chi connectivity index (χ4v) is 2.31. The van der Waals surface area contributed by atoms with Crippen LogP contribution >= 0.6 is 0 Å². The van der Waals surface area contributed by atoms with Gasteiger partial charge in [-0.2, -0.15) is 0 Å². The fraction of sp³-hybridized carbons (Fsp3) is 0.615. The molecule has 0 spiro atoms. The molecule has 2 rings (SSSR count). The maximum Gasteiger partial charge on any atom is 0.328 e. The van der Waals surface area contributed by atoms with Crippen molar-refractivity contribution in [2.45, 2.75) is 32.4 Å². The molecule has 0 unspecified atom stereocenters. The molecule has 1 aliphatic heterocycles. The van der Waals surface area contributed by atoms with Crippen LogP contribution < -0.4 is 11.2 Å². The van der Waals surface area contributed by atoms with Gasteiger partial charge in [0.25, 0.3) is 5.56 Å². The summed E-state index contributed by atoms with van der Waals surface area (Å²) >= 11 is 0. The summed E-state index contributed by atoms with van der Waals surface area (Å²) in [5, 5.41) is 0. The third-order valence-corrected chi connectivity index (χ3v) is 3.79. The van der Waals surface area contributed by atoms with Crippen LogP contribution in [-0.2, 0) is 16.1 Å². The standard InChI is InChI=1S/C13H19N3O4/c1-3-13(2)9-20-7-6-16(13)11(18)8-15-5-4-10(17)14-12(15)19/h4-5H,3,6-9H2,1-2H3,(H,14,17,19)/t13-/m0/s1. The minimum absolute atomic E-state index is 0.0782. The lowest BCUT2D eigenvalue weighted by Crippen LogP contribution is -2.58. The van der Waals surface area contributed by atoms with Gasteiger partial charge < -0.3 is 9.64 Å². The number of H-pyrrole nitrogens is 1. The third kappa shape index (κ3) is 2.82. The monoisotopic (exact) mass is 281 g/mol. The Hall–Kier alpha value is -1.89. The average Bonchev–Trinajstić information content (AvgIpc) is 2.42. The lowest BCUT2D eigenvalue weighted by molar-refractivity contribution is -0.148. The Balaban J connectivity index is 2.18. The summed E-state index contributed by atoms with van der Waals surface area (Å²) in [6, 6.07) is 1.23. The highest BCUT2D eigenvalue weighted by molar-refractivity contribution is 5.77. The smallest absolute Gasteiger partial charge is 0.328 e. The van der Waals surface area contributed by atoms with Gasteiger partial charge in [0.05, 0.1) is 18.8 Å². The Morgan fingerprint density at radius 2 is 2.25 bits per heavy atom. The summed E-state index contributed by atoms with van der Waals surface area (Å²) < 4.78 is 6.64. The number of hydrogen-bond donors (Lipinski definition) is 1. The van der Waals surface area contributed by atoms with Crippen LogP contribution in [0.3, 0.4) is 0 Å². The van der Waals surface area contributed by atoms with E-state index in [0.717, 1.165) is 6.42 Å². The van der Waals surface area contributed by atoms with Gasteiger partial charge in [-0.3, -0.25) is 19.1 Å². The highest BCUT2D eigenvalue weighted by atomic mass is 16.5. The zero-order valence-corrected chi connectivity index (χ0v) is 11.7. The SMILES string of the molecule is CC[C@@]1(C)COCCN1C(=O)Cn1ccc(=O)[nH]c1=O. The van der Waals surface area contributed by atoms with Gasteiger partial charge in [-0.15, -0.1) is 0 Å². The number of hydrogen-bond acceptors (Lipinski definition) is 4. The number of nitrogens with one attached hydrogen (secondary N) is 1. The van der Waals surface area contributed by atoms with Gasteiger partial charge in [0.1, 0.15) is 6.54 Å². The predicted molar refractivity (Wildman–Crippen MR) is 72.6 cm³/mol. The number of morpholine rings is 1. The van der Waals surface area contributed by atoms with Gasteiger partial charge in [0.2, 0.25) is 5.91 Å². The van der Waals surface area contributed by atoms with E-state index in [1.807, 2.05) is 13.8 Å². The fourth-order valence-electron chi connectivity index (χ4n) is 2.31. The van der Waals surface area contributed by atoms with E-state index in [-0.39, 0.29) is 18.0 Å². The Morgan fingerprint density at radius 1 is 1.50 bits per heavy atom. The van der Waals surface area contributed by atoms with E-state index in [1.54, 1.807) is 4.90 Å². The van der Waals surface area contributed by atoms with Gasteiger partial charge >= 0.3 is 5.69 Å². The van der Waals surface area contributed by atoms with Crippen LogP contribution in [0, 0.1) is 0 Å². The topological polar surface area (TPSA) is 84.4 Å². The van der Waals surface area contributed by atoms with Crippen molar-refractivity contribution >= 4 is 5.91 Å². The first-order valence-corrected chi connectivity index (χ1v) is 6.64. The molecular weight excluding hydrogens is 262 g/mol. The molecule has 0 bridgehead atoms. The summed E-state index contributed by atoms with van der Waals surface area (Å²) in [5.74, 6) is -0.146. The number of carbonyl (C=O) groups excluding carboxylic acids is 1. The van der Waals surface area contributed by atoms with E-state index in [0.29, 0.717) is 19.8 Å². The molecule has 1 atom stereocenters. The van der Waals surface area contributed by atoms with E-state index in [2.05, 4.69) is 4.98 Å². The van der Waals surface area contributed by atoms with Crippen LogP contribution in [-0.4, -0.2) is 45.7 Å². The van der Waals surface area contributed by atoms with E-state index < -0.39 is 11.2 Å². The molecule has 1 aromatic heterocycles. The number of carbonyl (C=O) groups is 1. The number of aromatic amines is 1. The average molecular weight is 281 g/mol. The first kappa shape index (κ1) is 14.5. The summed E-state index contributed by atoms with van der Waals surface area (Å²) in [6.07, 6.45) is 2.11. The van der Waals surface area contributed by atoms with E-state index in [4.69, 9.17) is 4.74 Å². The number of nitrogens with zero attached hydrogens (tertiary/aromatic N) is 2. The molecule has 0 aliphatic carbocycles. The molecule has 110 valence electrons. The van der Waals surface area contributed by atoms with Crippen LogP contribution in [0.1, 0.15) is 20.3 Å². The highest BCUT2D eigenvalue weighted by Gasteiger charge is 2.36. The first-order chi connectivity index (χ1) is 9.46. The molecule has 1 saturated heterocycles. The van der Waals surface area contributed by atoms with Gasteiger partial charge in [-0.1, -0.05) is 6.92 Å². The molecule has 0 aromatic carbocycles. The first-order valence-electron chi connectivity index (χ1n) is 6.64. The van der Waals surface area contributed by atoms with Gasteiger partial charge in [-0.25, -0.2) is 4.79 Å². The van der Waals surface area contributed by atoms with Crippen molar-refractivity contribution in [3.8, 4) is 0 Å². The van der Waals surface area contributed by atoms with Crippen molar-refractivity contribution < 1.29 is 9.53 Å². The molecule has 1 amide bonds. The molecule has 20 heavy (non-hydrogen) atoms. The summed E-state index contributed by atoms with van der Waals surface area (Å²) in [5.41, 5.74) is -1.39. The quantitative estimate of drug-likeness (QED) is 0.814. The van der Waals surface area contributed by atoms with Crippen LogP contribution in [0.25, 0.3) is 0 Å². The van der Waals surface area contributed by atoms with E-state index in [9.17, 15) is 14.4 Å². The van der Waals surface area contributed by atoms with Crippen molar-refractivity contribution in [3.63, 3.8) is 0 Å². The van der Waals surface area contributed by atoms with E-state index in [1.165, 1.54) is 16.8 Å². The number of amides is 1. The summed E-state index contributed by atoms with van der Waals surface area (Å²) in [6.45, 7) is 5.41. The Morgan fingerprint density at radius 3 is 2.90 bits per heavy atom. The maximum atomic E-state index is 12.4. The lowest BCUT2D eigenvalue weighted by Gasteiger charge is -2.44. The van der Waals surface area contributed by atoms with Gasteiger partial charge in [0.15, 0.2) is 0 Å². The second-order valence-corrected chi connectivity index (χ2v) is 5.19. The number of aromatic nitrogens is 2. The third-order valence-electron chi connectivity index (χ3n) is 3.79. The van der Waals surface area contributed by atoms with Crippen molar-refractivity contribution in [2.75, 3.05) is 19.8 Å². The van der Waals surface area contributed by atoms with Crippen molar-refractivity contribution in [3.05, 3.63) is 33.1 Å². The maximum absolute atomic E-state index is 12.4. The van der Waals surface area contributed by atoms with Crippen molar-refractivity contribution in [1.29, 1.82) is 0 Å². The number of ether oxygens (including phenoxy) is 1. The molecule has 2 heterocycles. The summed E-state index contributed by atoms with van der Waals surface area (Å²) in [7, 11) is 0. The molecule has 0 radical (unpaired) electrons. The Labute approximate surface area is 116 Å². The zero-order valence-electron chi connectivity index (χ0n) is 11.7. The van der Waals surface area contributed by atoms with E-state index >= 15 is 0 Å². The summed E-state index contributed by atoms with van der Waals surface area (Å²) in [4.78, 5) is 38.9. The molecule has 7 nitrogen and oxygen atoms in total. The van der Waals surface area contributed by atoms with Crippen LogP contribution in [0.5, 0.6) is 0 Å². The second kappa shape index (κ2) is 5.62. The van der Waals surface area contributed by atoms with Crippen LogP contribution in [0.2, 0.25) is 0 Å². The molecule has 1 N–H and O–H groups in total. The number of rotatable bonds is 3. The molecular formula is C13H19N3O4. The molecule has 1 aliphatic rings. The minimum Gasteiger partial charge on any atom is -0.377 e. The largest absolute Gasteiger partial charge is 0.377 e. The highest BCUT2D eigenvalue weighted by Crippen LogP contribution is 2.23.